The molecule has 0 aliphatic carbocycles. The van der Waals surface area contributed by atoms with Crippen LogP contribution in [0, 0.1) is 11.8 Å². The highest BCUT2D eigenvalue weighted by atomic mass is 16.5. The van der Waals surface area contributed by atoms with Crippen LogP contribution in [0.25, 0.3) is 0 Å². The molecule has 1 rings (SSSR count). The third-order valence-electron chi connectivity index (χ3n) is 4.03. The van der Waals surface area contributed by atoms with Gasteiger partial charge in [0.25, 0.3) is 0 Å². The van der Waals surface area contributed by atoms with E-state index in [1.807, 2.05) is 0 Å². The van der Waals surface area contributed by atoms with E-state index in [0.29, 0.717) is 26.4 Å². The summed E-state index contributed by atoms with van der Waals surface area (Å²) in [6.07, 6.45) is 1.25. The van der Waals surface area contributed by atoms with Gasteiger partial charge >= 0.3 is 0 Å². The number of likely N-dealkylation sites (N-methyl/N-ethyl adjacent to an activating group) is 1. The Morgan fingerprint density at radius 3 is 2.48 bits per heavy atom. The van der Waals surface area contributed by atoms with Crippen molar-refractivity contribution in [2.45, 2.75) is 26.7 Å². The van der Waals surface area contributed by atoms with Crippen LogP contribution in [0.3, 0.4) is 0 Å². The van der Waals surface area contributed by atoms with Gasteiger partial charge in [0.05, 0.1) is 33.0 Å². The molecular weight excluding hydrogens is 328 g/mol. The number of aldehydes is 1. The topological polar surface area (TPSA) is 93.2 Å². The van der Waals surface area contributed by atoms with Gasteiger partial charge < -0.3 is 19.2 Å². The van der Waals surface area contributed by atoms with Crippen molar-refractivity contribution < 1.29 is 28.7 Å². The van der Waals surface area contributed by atoms with Crippen molar-refractivity contribution in [2.24, 2.45) is 11.8 Å². The molecule has 1 aliphatic heterocycles. The van der Waals surface area contributed by atoms with Crippen molar-refractivity contribution in [1.29, 1.82) is 0 Å². The lowest BCUT2D eigenvalue weighted by Crippen LogP contribution is -2.33. The molecule has 142 valence electrons. The second kappa shape index (κ2) is 10.9. The molecule has 2 unspecified atom stereocenters. The summed E-state index contributed by atoms with van der Waals surface area (Å²) in [6.45, 7) is 5.55. The average molecular weight is 356 g/mol. The van der Waals surface area contributed by atoms with Crippen LogP contribution in [-0.2, 0) is 28.7 Å². The predicted octanol–water partition coefficient (Wildman–Crippen LogP) is 0.0981. The largest absolute Gasteiger partial charge is 0.377 e. The number of ether oxygens (including phenoxy) is 2. The Bertz CT molecular complexity index is 482. The van der Waals surface area contributed by atoms with Gasteiger partial charge in [-0.3, -0.25) is 19.3 Å². The molecule has 0 radical (unpaired) electrons. The van der Waals surface area contributed by atoms with Gasteiger partial charge in [-0.2, -0.15) is 0 Å². The molecular formula is C17H28N2O6. The number of likely N-dealkylation sites (tertiary alicyclic amines) is 1. The lowest BCUT2D eigenvalue weighted by Gasteiger charge is -2.18. The standard InChI is InChI=1S/C17H28N2O6/c1-13(12-20)10-15(21)18(3)4-6-24-8-9-25-7-5-19-16(22)11-14(2)17(19)23/h12-14H,4-11H2,1-3H3. The summed E-state index contributed by atoms with van der Waals surface area (Å²) in [4.78, 5) is 48.3. The molecule has 8 heteroatoms. The lowest BCUT2D eigenvalue weighted by molar-refractivity contribution is -0.140. The van der Waals surface area contributed by atoms with Gasteiger partial charge in [0.2, 0.25) is 17.7 Å². The fourth-order valence-corrected chi connectivity index (χ4v) is 2.37. The van der Waals surface area contributed by atoms with Crippen molar-refractivity contribution in [1.82, 2.24) is 9.80 Å². The molecule has 0 aromatic rings. The van der Waals surface area contributed by atoms with Crippen LogP contribution < -0.4 is 0 Å². The van der Waals surface area contributed by atoms with E-state index >= 15 is 0 Å². The smallest absolute Gasteiger partial charge is 0.232 e. The van der Waals surface area contributed by atoms with Gasteiger partial charge in [-0.05, 0) is 0 Å². The maximum atomic E-state index is 11.7. The first kappa shape index (κ1) is 21.2. The molecule has 1 fully saturated rings. The van der Waals surface area contributed by atoms with Crippen molar-refractivity contribution in [3.63, 3.8) is 0 Å². The van der Waals surface area contributed by atoms with Gasteiger partial charge in [-0.1, -0.05) is 13.8 Å². The predicted molar refractivity (Wildman–Crippen MR) is 89.6 cm³/mol. The molecule has 1 saturated heterocycles. The van der Waals surface area contributed by atoms with Gasteiger partial charge in [0, 0.05) is 38.3 Å². The first-order valence-corrected chi connectivity index (χ1v) is 8.55. The SMILES string of the molecule is CC(C=O)CC(=O)N(C)CCOCCOCCN1C(=O)CC(C)C1=O. The second-order valence-corrected chi connectivity index (χ2v) is 6.35. The summed E-state index contributed by atoms with van der Waals surface area (Å²) < 4.78 is 10.7. The Morgan fingerprint density at radius 2 is 1.92 bits per heavy atom. The van der Waals surface area contributed by atoms with Crippen LogP contribution in [0.4, 0.5) is 0 Å². The van der Waals surface area contributed by atoms with Crippen molar-refractivity contribution >= 4 is 24.0 Å². The van der Waals surface area contributed by atoms with Gasteiger partial charge in [-0.25, -0.2) is 0 Å². The zero-order valence-corrected chi connectivity index (χ0v) is 15.2. The Kier molecular flexibility index (Phi) is 9.30. The summed E-state index contributed by atoms with van der Waals surface area (Å²) >= 11 is 0. The third-order valence-corrected chi connectivity index (χ3v) is 4.03. The minimum absolute atomic E-state index is 0.0892. The molecule has 1 aliphatic rings. The fourth-order valence-electron chi connectivity index (χ4n) is 2.37. The maximum absolute atomic E-state index is 11.7. The highest BCUT2D eigenvalue weighted by Crippen LogP contribution is 2.17. The summed E-state index contributed by atoms with van der Waals surface area (Å²) in [5.74, 6) is -0.879. The fraction of sp³-hybridized carbons (Fsp3) is 0.765. The first-order valence-electron chi connectivity index (χ1n) is 8.55. The molecule has 0 aromatic heterocycles. The van der Waals surface area contributed by atoms with Crippen molar-refractivity contribution in [2.75, 3.05) is 46.6 Å². The molecule has 3 amide bonds. The van der Waals surface area contributed by atoms with Crippen LogP contribution in [-0.4, -0.2) is 80.4 Å². The van der Waals surface area contributed by atoms with Crippen molar-refractivity contribution in [3.05, 3.63) is 0 Å². The molecule has 0 spiro atoms. The third kappa shape index (κ3) is 7.31. The zero-order chi connectivity index (χ0) is 18.8. The molecule has 0 saturated carbocycles. The minimum atomic E-state index is -0.276. The van der Waals surface area contributed by atoms with Crippen LogP contribution >= 0.6 is 0 Å². The molecule has 0 aromatic carbocycles. The Labute approximate surface area is 148 Å². The Morgan fingerprint density at radius 1 is 1.28 bits per heavy atom. The number of carbonyl (C=O) groups is 4. The number of imide groups is 1. The van der Waals surface area contributed by atoms with E-state index in [2.05, 4.69) is 0 Å². The first-order chi connectivity index (χ1) is 11.9. The van der Waals surface area contributed by atoms with Crippen LogP contribution in [0.2, 0.25) is 0 Å². The molecule has 0 bridgehead atoms. The van der Waals surface area contributed by atoms with E-state index < -0.39 is 0 Å². The van der Waals surface area contributed by atoms with Crippen LogP contribution in [0.5, 0.6) is 0 Å². The van der Waals surface area contributed by atoms with E-state index in [1.54, 1.807) is 20.9 Å². The van der Waals surface area contributed by atoms with Crippen LogP contribution in [0.1, 0.15) is 26.7 Å². The highest BCUT2D eigenvalue weighted by molar-refractivity contribution is 6.03. The molecule has 2 atom stereocenters. The monoisotopic (exact) mass is 356 g/mol. The molecule has 25 heavy (non-hydrogen) atoms. The maximum Gasteiger partial charge on any atom is 0.232 e. The lowest BCUT2D eigenvalue weighted by atomic mass is 10.1. The average Bonchev–Trinajstić information content (AvgIpc) is 2.82. The second-order valence-electron chi connectivity index (χ2n) is 6.35. The molecule has 8 nitrogen and oxygen atoms in total. The van der Waals surface area contributed by atoms with Crippen molar-refractivity contribution in [3.8, 4) is 0 Å². The highest BCUT2D eigenvalue weighted by Gasteiger charge is 2.34. The van der Waals surface area contributed by atoms with Crippen LogP contribution in [0.15, 0.2) is 0 Å². The summed E-state index contributed by atoms with van der Waals surface area (Å²) in [5.41, 5.74) is 0. The van der Waals surface area contributed by atoms with Gasteiger partial charge in [0.1, 0.15) is 6.29 Å². The van der Waals surface area contributed by atoms with E-state index in [0.717, 1.165) is 6.29 Å². The number of nitrogens with zero attached hydrogens (tertiary/aromatic N) is 2. The minimum Gasteiger partial charge on any atom is -0.377 e. The zero-order valence-electron chi connectivity index (χ0n) is 15.2. The normalized spacial score (nSPS) is 18.5. The number of hydrogen-bond acceptors (Lipinski definition) is 6. The number of hydrogen-bond donors (Lipinski definition) is 0. The van der Waals surface area contributed by atoms with E-state index in [9.17, 15) is 19.2 Å². The van der Waals surface area contributed by atoms with Gasteiger partial charge in [0.15, 0.2) is 0 Å². The van der Waals surface area contributed by atoms with E-state index in [1.165, 1.54) is 9.80 Å². The molecule has 0 N–H and O–H groups in total. The summed E-state index contributed by atoms with van der Waals surface area (Å²) in [6, 6.07) is 0. The Hall–Kier alpha value is -1.80. The van der Waals surface area contributed by atoms with E-state index in [-0.39, 0.29) is 55.6 Å². The number of amides is 3. The Balaban J connectivity index is 2.02. The molecule has 1 heterocycles. The summed E-state index contributed by atoms with van der Waals surface area (Å²) in [5, 5.41) is 0. The quantitative estimate of drug-likeness (QED) is 0.280. The van der Waals surface area contributed by atoms with Gasteiger partial charge in [-0.15, -0.1) is 0 Å². The van der Waals surface area contributed by atoms with E-state index in [4.69, 9.17) is 9.47 Å². The summed E-state index contributed by atoms with van der Waals surface area (Å²) in [7, 11) is 1.67. The number of rotatable bonds is 12. The number of carbonyl (C=O) groups excluding carboxylic acids is 4.